The number of aryl methyl sites for hydroxylation is 1. The molecule has 4 atom stereocenters. The van der Waals surface area contributed by atoms with E-state index in [0.717, 1.165) is 17.0 Å². The van der Waals surface area contributed by atoms with E-state index in [4.69, 9.17) is 9.47 Å². The number of fused-ring (bicyclic) bond motifs is 5. The number of rotatable bonds is 9. The molecule has 1 aliphatic heterocycles. The molecule has 2 aliphatic carbocycles. The summed E-state index contributed by atoms with van der Waals surface area (Å²) >= 11 is 0. The van der Waals surface area contributed by atoms with Gasteiger partial charge in [-0.05, 0) is 49.8 Å². The molecular weight excluding hydrogens is 492 g/mol. The fourth-order valence-corrected chi connectivity index (χ4v) is 5.39. The third kappa shape index (κ3) is 4.51. The summed E-state index contributed by atoms with van der Waals surface area (Å²) in [5.41, 5.74) is 1.24. The highest BCUT2D eigenvalue weighted by Crippen LogP contribution is 2.52. The summed E-state index contributed by atoms with van der Waals surface area (Å²) in [6.07, 6.45) is 6.00. The Balaban J connectivity index is 1.35. The van der Waals surface area contributed by atoms with Gasteiger partial charge in [0.15, 0.2) is 12.4 Å². The smallest absolute Gasteiger partial charge is 0.315 e. The van der Waals surface area contributed by atoms with Crippen LogP contribution in [-0.2, 0) is 14.4 Å². The zero-order valence-electron chi connectivity index (χ0n) is 20.8. The Morgan fingerprint density at radius 3 is 2.47 bits per heavy atom. The van der Waals surface area contributed by atoms with Gasteiger partial charge in [0.1, 0.15) is 0 Å². The number of amides is 3. The molecule has 1 saturated heterocycles. The van der Waals surface area contributed by atoms with Crippen LogP contribution in [0.5, 0.6) is 11.5 Å². The minimum Gasteiger partial charge on any atom is -0.490 e. The Hall–Kier alpha value is -4.54. The maximum absolute atomic E-state index is 12.9. The molecule has 0 unspecified atom stereocenters. The summed E-state index contributed by atoms with van der Waals surface area (Å²) in [7, 11) is 0. The number of benzene rings is 2. The Kier molecular flexibility index (Phi) is 6.66. The molecule has 0 spiro atoms. The van der Waals surface area contributed by atoms with E-state index in [9.17, 15) is 24.5 Å². The molecule has 2 bridgehead atoms. The monoisotopic (exact) mass is 518 g/mol. The first-order valence-electron chi connectivity index (χ1n) is 12.3. The number of carbonyl (C=O) groups is 3. The topological polar surface area (TPSA) is 140 Å². The second-order valence-electron chi connectivity index (χ2n) is 9.44. The van der Waals surface area contributed by atoms with Gasteiger partial charge < -0.3 is 14.8 Å². The van der Waals surface area contributed by atoms with Gasteiger partial charge in [-0.1, -0.05) is 30.4 Å². The maximum atomic E-state index is 12.9. The molecule has 2 fully saturated rings. The highest BCUT2D eigenvalue weighted by atomic mass is 16.6. The van der Waals surface area contributed by atoms with Crippen LogP contribution in [0.1, 0.15) is 24.5 Å². The van der Waals surface area contributed by atoms with Crippen LogP contribution in [0.25, 0.3) is 0 Å². The normalized spacial score (nSPS) is 23.3. The minimum atomic E-state index is -0.658. The Labute approximate surface area is 218 Å². The summed E-state index contributed by atoms with van der Waals surface area (Å²) < 4.78 is 11.1. The number of imide groups is 1. The van der Waals surface area contributed by atoms with Crippen molar-refractivity contribution in [3.05, 3.63) is 69.8 Å². The van der Waals surface area contributed by atoms with Crippen LogP contribution in [-0.4, -0.2) is 47.1 Å². The summed E-state index contributed by atoms with van der Waals surface area (Å²) in [6.45, 7) is 3.22. The predicted molar refractivity (Wildman–Crippen MR) is 137 cm³/mol. The fourth-order valence-electron chi connectivity index (χ4n) is 5.39. The van der Waals surface area contributed by atoms with Crippen molar-refractivity contribution < 1.29 is 28.8 Å². The molecule has 1 saturated carbocycles. The molecule has 3 aliphatic rings. The highest BCUT2D eigenvalue weighted by molar-refractivity contribution is 6.06. The van der Waals surface area contributed by atoms with E-state index in [1.165, 1.54) is 18.3 Å². The van der Waals surface area contributed by atoms with Crippen LogP contribution in [0, 0.1) is 40.7 Å². The average molecular weight is 519 g/mol. The quantitative estimate of drug-likeness (QED) is 0.176. The minimum absolute atomic E-state index is 0.0324. The van der Waals surface area contributed by atoms with E-state index >= 15 is 0 Å². The lowest BCUT2D eigenvalue weighted by Gasteiger charge is -2.14. The molecular formula is C27H26N4O7. The van der Waals surface area contributed by atoms with Crippen molar-refractivity contribution in [2.45, 2.75) is 20.3 Å². The number of allylic oxidation sites excluding steroid dienone is 2. The first-order valence-corrected chi connectivity index (χ1v) is 12.3. The largest absolute Gasteiger partial charge is 0.490 e. The van der Waals surface area contributed by atoms with Crippen molar-refractivity contribution in [3.63, 3.8) is 0 Å². The number of nitro benzene ring substituents is 1. The van der Waals surface area contributed by atoms with Crippen molar-refractivity contribution >= 4 is 35.3 Å². The molecule has 11 nitrogen and oxygen atoms in total. The average Bonchev–Trinajstić information content (AvgIpc) is 3.57. The van der Waals surface area contributed by atoms with Gasteiger partial charge >= 0.3 is 5.69 Å². The lowest BCUT2D eigenvalue weighted by atomic mass is 9.85. The van der Waals surface area contributed by atoms with Crippen LogP contribution in [0.4, 0.5) is 11.4 Å². The van der Waals surface area contributed by atoms with E-state index in [-0.39, 0.29) is 47.3 Å². The van der Waals surface area contributed by atoms with Crippen LogP contribution in [0.3, 0.4) is 0 Å². The van der Waals surface area contributed by atoms with Gasteiger partial charge in [-0.25, -0.2) is 0 Å². The van der Waals surface area contributed by atoms with Crippen molar-refractivity contribution in [2.75, 3.05) is 18.5 Å². The van der Waals surface area contributed by atoms with Crippen molar-refractivity contribution in [3.8, 4) is 11.5 Å². The molecule has 2 aromatic carbocycles. The van der Waals surface area contributed by atoms with Gasteiger partial charge in [0.2, 0.25) is 5.75 Å². The Morgan fingerprint density at radius 2 is 1.84 bits per heavy atom. The van der Waals surface area contributed by atoms with E-state index in [1.54, 1.807) is 19.1 Å². The number of hydrogen-bond donors (Lipinski definition) is 1. The zero-order valence-corrected chi connectivity index (χ0v) is 20.8. The first-order chi connectivity index (χ1) is 18.3. The Bertz CT molecular complexity index is 1360. The number of nitro groups is 1. The second-order valence-corrected chi connectivity index (χ2v) is 9.44. The fraction of sp³-hybridized carbons (Fsp3) is 0.333. The highest BCUT2D eigenvalue weighted by Gasteiger charge is 2.59. The van der Waals surface area contributed by atoms with E-state index in [1.807, 2.05) is 31.2 Å². The number of nitrogens with one attached hydrogen (secondary N) is 1. The molecule has 196 valence electrons. The molecule has 2 aromatic rings. The number of para-hydroxylation sites is 1. The van der Waals surface area contributed by atoms with E-state index in [2.05, 4.69) is 10.4 Å². The van der Waals surface area contributed by atoms with Crippen LogP contribution in [0.2, 0.25) is 0 Å². The third-order valence-electron chi connectivity index (χ3n) is 7.09. The zero-order chi connectivity index (χ0) is 27.0. The number of hydrazone groups is 1. The molecule has 3 amide bonds. The lowest BCUT2D eigenvalue weighted by molar-refractivity contribution is -0.385. The van der Waals surface area contributed by atoms with Crippen LogP contribution < -0.4 is 14.8 Å². The van der Waals surface area contributed by atoms with Crippen LogP contribution in [0.15, 0.2) is 53.7 Å². The maximum Gasteiger partial charge on any atom is 0.315 e. The molecule has 0 radical (unpaired) electrons. The first kappa shape index (κ1) is 25.1. The van der Waals surface area contributed by atoms with Gasteiger partial charge in [-0.15, -0.1) is 0 Å². The van der Waals surface area contributed by atoms with Crippen LogP contribution >= 0.6 is 0 Å². The van der Waals surface area contributed by atoms with Gasteiger partial charge in [0.05, 0.1) is 29.6 Å². The van der Waals surface area contributed by atoms with E-state index < -0.39 is 35.0 Å². The van der Waals surface area contributed by atoms with Crippen molar-refractivity contribution in [1.82, 2.24) is 5.01 Å². The van der Waals surface area contributed by atoms with Gasteiger partial charge in [-0.2, -0.15) is 10.1 Å². The standard InChI is InChI=1S/C27H26N4O7/c1-3-37-21-11-16(13-28-30-26(33)23-17-8-9-18(12-17)24(23)27(30)34)10-20(31(35)36)25(21)38-14-22(32)29-19-7-5-4-6-15(19)2/h4-11,13,17-18,23-24H,3,12,14H2,1-2H3,(H,29,32)/t17-,18-,23-,24+/m0/s1. The summed E-state index contributed by atoms with van der Waals surface area (Å²) in [5.74, 6) is -2.08. The van der Waals surface area contributed by atoms with Gasteiger partial charge in [0.25, 0.3) is 17.7 Å². The summed E-state index contributed by atoms with van der Waals surface area (Å²) in [4.78, 5) is 49.4. The van der Waals surface area contributed by atoms with Gasteiger partial charge in [-0.3, -0.25) is 24.5 Å². The van der Waals surface area contributed by atoms with E-state index in [0.29, 0.717) is 5.69 Å². The van der Waals surface area contributed by atoms with Gasteiger partial charge in [0, 0.05) is 17.3 Å². The SMILES string of the molecule is CCOc1cc(C=NN2C(=O)[C@@H]3[C@H](C2=O)[C@H]2C=C[C@H]3C2)cc([N+](=O)[O-])c1OCC(=O)Nc1ccccc1C. The molecule has 1 N–H and O–H groups in total. The Morgan fingerprint density at radius 1 is 1.16 bits per heavy atom. The number of nitrogens with zero attached hydrogens (tertiary/aromatic N) is 3. The molecule has 0 aromatic heterocycles. The third-order valence-corrected chi connectivity index (χ3v) is 7.09. The molecule has 1 heterocycles. The summed E-state index contributed by atoms with van der Waals surface area (Å²) in [6, 6.07) is 9.83. The molecule has 5 rings (SSSR count). The summed E-state index contributed by atoms with van der Waals surface area (Å²) in [5, 5.41) is 19.6. The van der Waals surface area contributed by atoms with Crippen molar-refractivity contribution in [1.29, 1.82) is 0 Å². The lowest BCUT2D eigenvalue weighted by Crippen LogP contribution is -2.28. The number of ether oxygens (including phenoxy) is 2. The second kappa shape index (κ2) is 10.1. The molecule has 38 heavy (non-hydrogen) atoms. The van der Waals surface area contributed by atoms with Crippen molar-refractivity contribution in [2.24, 2.45) is 28.8 Å². The number of hydrogen-bond acceptors (Lipinski definition) is 8. The molecule has 11 heteroatoms. The predicted octanol–water partition coefficient (Wildman–Crippen LogP) is 3.46. The number of anilines is 1. The number of carbonyl (C=O) groups excluding carboxylic acids is 3.